The highest BCUT2D eigenvalue weighted by atomic mass is 32.1. The molecular weight excluding hydrogens is 577 g/mol. The lowest BCUT2D eigenvalue weighted by Gasteiger charge is -1.88. The minimum absolute atomic E-state index is 0.956. The van der Waals surface area contributed by atoms with E-state index in [-0.39, 0.29) is 0 Å². The van der Waals surface area contributed by atoms with Crippen LogP contribution in [-0.4, -0.2) is 0 Å². The summed E-state index contributed by atoms with van der Waals surface area (Å²) in [4.78, 5) is 0. The Kier molecular flexibility index (Phi) is 8.18. The number of hydrogen-bond donors (Lipinski definition) is 0. The van der Waals surface area contributed by atoms with Crippen molar-refractivity contribution in [3.63, 3.8) is 0 Å². The maximum absolute atomic E-state index is 5.65. The molecule has 0 spiro atoms. The highest BCUT2D eigenvalue weighted by Crippen LogP contribution is 2.33. The first kappa shape index (κ1) is 27.7. The van der Waals surface area contributed by atoms with Gasteiger partial charge >= 0.3 is 0 Å². The lowest BCUT2D eigenvalue weighted by Crippen LogP contribution is -1.62. The summed E-state index contributed by atoms with van der Waals surface area (Å²) < 4.78 is 14.9. The average Bonchev–Trinajstić information content (AvgIpc) is 3.90. The minimum Gasteiger partial charge on any atom is -0.464 e. The Labute approximate surface area is 263 Å². The predicted molar refractivity (Wildman–Crippen MR) is 191 cm³/mol. The second-order valence-corrected chi connectivity index (χ2v) is 12.1. The number of fused-ring (bicyclic) bond motifs is 8. The third-order valence-electron chi connectivity index (χ3n) is 7.29. The number of para-hydroxylation sites is 3. The van der Waals surface area contributed by atoms with Gasteiger partial charge in [-0.15, -0.1) is 22.7 Å². The van der Waals surface area contributed by atoms with Gasteiger partial charge in [-0.05, 0) is 59.3 Å². The monoisotopic (exact) mass is 604 g/mol. The number of benzene rings is 6. The molecule has 0 unspecified atom stereocenters. The van der Waals surface area contributed by atoms with Crippen molar-refractivity contribution in [3.8, 4) is 0 Å². The predicted octanol–water partition coefficient (Wildman–Crippen LogP) is 13.0. The van der Waals surface area contributed by atoms with Crippen molar-refractivity contribution in [2.24, 2.45) is 0 Å². The molecule has 0 aliphatic carbocycles. The average molecular weight is 605 g/mol. The summed E-state index contributed by atoms with van der Waals surface area (Å²) in [5.74, 6) is 0. The third kappa shape index (κ3) is 6.00. The van der Waals surface area contributed by atoms with Gasteiger partial charge in [-0.3, -0.25) is 0 Å². The Bertz CT molecular complexity index is 2090. The Morgan fingerprint density at radius 1 is 0.364 bits per heavy atom. The molecule has 10 aromatic rings. The molecule has 0 atom stereocenters. The first-order chi connectivity index (χ1) is 21.8. The van der Waals surface area contributed by atoms with Crippen molar-refractivity contribution in [1.82, 2.24) is 0 Å². The summed E-state index contributed by atoms with van der Waals surface area (Å²) in [6.45, 7) is 0. The van der Waals surface area contributed by atoms with E-state index in [2.05, 4.69) is 96.4 Å². The van der Waals surface area contributed by atoms with Crippen molar-refractivity contribution < 1.29 is 8.83 Å². The number of rotatable bonds is 0. The third-order valence-corrected chi connectivity index (χ3v) is 9.34. The van der Waals surface area contributed by atoms with Gasteiger partial charge in [-0.2, -0.15) is 0 Å². The Balaban J connectivity index is 0.0000000962. The van der Waals surface area contributed by atoms with Crippen molar-refractivity contribution in [2.45, 2.75) is 0 Å². The normalized spacial score (nSPS) is 10.7. The molecule has 0 N–H and O–H groups in total. The topological polar surface area (TPSA) is 26.3 Å². The summed E-state index contributed by atoms with van der Waals surface area (Å²) >= 11 is 3.65. The van der Waals surface area contributed by atoms with Gasteiger partial charge in [-0.1, -0.05) is 109 Å². The number of thiophene rings is 2. The largest absolute Gasteiger partial charge is 0.464 e. The molecule has 2 nitrogen and oxygen atoms in total. The zero-order valence-electron chi connectivity index (χ0n) is 23.8. The van der Waals surface area contributed by atoms with Gasteiger partial charge in [0, 0.05) is 41.0 Å². The van der Waals surface area contributed by atoms with E-state index >= 15 is 0 Å². The van der Waals surface area contributed by atoms with E-state index in [0.717, 1.165) is 22.1 Å². The molecule has 10 rings (SSSR count). The summed E-state index contributed by atoms with van der Waals surface area (Å²) in [6.07, 6.45) is 1.70. The van der Waals surface area contributed by atoms with Crippen LogP contribution in [0.25, 0.3) is 63.2 Å². The van der Waals surface area contributed by atoms with E-state index in [1.165, 1.54) is 41.0 Å². The van der Waals surface area contributed by atoms with E-state index in [1.54, 1.807) is 17.6 Å². The molecular formula is C40H28O2S2. The quantitative estimate of drug-likeness (QED) is 0.172. The zero-order chi connectivity index (χ0) is 29.6. The maximum Gasteiger partial charge on any atom is 0.135 e. The molecule has 0 fully saturated rings. The van der Waals surface area contributed by atoms with Gasteiger partial charge in [0.25, 0.3) is 0 Å². The highest BCUT2D eigenvalue weighted by Gasteiger charge is 2.03. The summed E-state index contributed by atoms with van der Waals surface area (Å²) in [5, 5.41) is 9.77. The molecule has 4 heteroatoms. The van der Waals surface area contributed by atoms with Crippen LogP contribution in [0, 0.1) is 0 Å². The van der Waals surface area contributed by atoms with E-state index in [4.69, 9.17) is 8.83 Å². The van der Waals surface area contributed by atoms with Crippen molar-refractivity contribution in [3.05, 3.63) is 169 Å². The van der Waals surface area contributed by atoms with Gasteiger partial charge < -0.3 is 8.83 Å². The van der Waals surface area contributed by atoms with Crippen molar-refractivity contribution in [1.29, 1.82) is 0 Å². The lowest BCUT2D eigenvalue weighted by atomic mass is 10.2. The van der Waals surface area contributed by atoms with Gasteiger partial charge in [0.05, 0.1) is 6.26 Å². The van der Waals surface area contributed by atoms with Crippen LogP contribution in [0.4, 0.5) is 0 Å². The molecule has 0 amide bonds. The van der Waals surface area contributed by atoms with Crippen LogP contribution >= 0.6 is 22.7 Å². The van der Waals surface area contributed by atoms with Crippen LogP contribution in [0.15, 0.2) is 178 Å². The first-order valence-electron chi connectivity index (χ1n) is 14.4. The molecule has 0 saturated heterocycles. The van der Waals surface area contributed by atoms with Crippen LogP contribution in [0.1, 0.15) is 0 Å². The minimum atomic E-state index is 0.956. The number of hydrogen-bond acceptors (Lipinski definition) is 4. The van der Waals surface area contributed by atoms with Crippen LogP contribution in [0.3, 0.4) is 0 Å². The summed E-state index contributed by atoms with van der Waals surface area (Å²) in [5.41, 5.74) is 2.88. The van der Waals surface area contributed by atoms with Gasteiger partial charge in [0.2, 0.25) is 0 Å². The van der Waals surface area contributed by atoms with Crippen LogP contribution in [-0.2, 0) is 0 Å². The molecule has 212 valence electrons. The molecule has 0 bridgehead atoms. The van der Waals surface area contributed by atoms with E-state index in [1.807, 2.05) is 78.1 Å². The molecule has 4 aromatic heterocycles. The van der Waals surface area contributed by atoms with E-state index < -0.39 is 0 Å². The molecule has 44 heavy (non-hydrogen) atoms. The Hall–Kier alpha value is -5.16. The van der Waals surface area contributed by atoms with Crippen molar-refractivity contribution in [2.75, 3.05) is 0 Å². The first-order valence-corrected chi connectivity index (χ1v) is 16.1. The van der Waals surface area contributed by atoms with Crippen molar-refractivity contribution >= 4 is 85.8 Å². The fourth-order valence-corrected chi connectivity index (χ4v) is 7.06. The van der Waals surface area contributed by atoms with Crippen LogP contribution < -0.4 is 0 Å². The molecule has 0 radical (unpaired) electrons. The number of furan rings is 2. The fourth-order valence-electron chi connectivity index (χ4n) is 5.16. The standard InChI is InChI=1S/C12H8O.C12H8S.C8H6O.C8H6S/c2*1-3-7-11-9(5-1)10-6-2-4-8-12(10)13-11;2*1-2-4-8-7(3-1)5-6-9-8/h2*1-8H;2*1-6H. The SMILES string of the molecule is c1ccc2c(c1)oc1ccccc12.c1ccc2c(c1)sc1ccccc12.c1ccc2occc2c1.c1ccc2sccc2c1. The summed E-state index contributed by atoms with van der Waals surface area (Å²) in [6, 6.07) is 53.8. The smallest absolute Gasteiger partial charge is 0.135 e. The van der Waals surface area contributed by atoms with Gasteiger partial charge in [0.1, 0.15) is 16.7 Å². The van der Waals surface area contributed by atoms with E-state index in [0.29, 0.717) is 0 Å². The maximum atomic E-state index is 5.65. The molecule has 4 heterocycles. The van der Waals surface area contributed by atoms with Gasteiger partial charge in [0.15, 0.2) is 0 Å². The van der Waals surface area contributed by atoms with Gasteiger partial charge in [-0.25, -0.2) is 0 Å². The van der Waals surface area contributed by atoms with Crippen LogP contribution in [0.5, 0.6) is 0 Å². The highest BCUT2D eigenvalue weighted by molar-refractivity contribution is 7.25. The molecule has 6 aromatic carbocycles. The fraction of sp³-hybridized carbons (Fsp3) is 0. The van der Waals surface area contributed by atoms with Crippen LogP contribution in [0.2, 0.25) is 0 Å². The van der Waals surface area contributed by atoms with E-state index in [9.17, 15) is 0 Å². The second-order valence-electron chi connectivity index (χ2n) is 10.1. The molecule has 0 aliphatic rings. The molecule has 0 saturated carbocycles. The Morgan fingerprint density at radius 3 is 1.43 bits per heavy atom. The Morgan fingerprint density at radius 2 is 0.841 bits per heavy atom. The zero-order valence-corrected chi connectivity index (χ0v) is 25.4. The second kappa shape index (κ2) is 13.0. The molecule has 0 aliphatic heterocycles. The lowest BCUT2D eigenvalue weighted by molar-refractivity contribution is 0.616. The summed E-state index contributed by atoms with van der Waals surface area (Å²) in [7, 11) is 0.